The van der Waals surface area contributed by atoms with E-state index in [1.807, 2.05) is 37.3 Å². The Bertz CT molecular complexity index is 1270. The lowest BCUT2D eigenvalue weighted by atomic mass is 9.97. The highest BCUT2D eigenvalue weighted by molar-refractivity contribution is 7.18. The average Bonchev–Trinajstić information content (AvgIpc) is 3.33. The second kappa shape index (κ2) is 7.72. The number of amides is 1. The minimum absolute atomic E-state index is 0.0783. The van der Waals surface area contributed by atoms with Crippen LogP contribution >= 0.6 is 11.3 Å². The number of hydrogen-bond acceptors (Lipinski definition) is 5. The maximum Gasteiger partial charge on any atom is 0.259 e. The van der Waals surface area contributed by atoms with Gasteiger partial charge in [0, 0.05) is 23.1 Å². The van der Waals surface area contributed by atoms with Gasteiger partial charge in [-0.15, -0.1) is 11.3 Å². The van der Waals surface area contributed by atoms with Gasteiger partial charge in [-0.3, -0.25) is 9.59 Å². The average molecular weight is 422 g/mol. The lowest BCUT2D eigenvalue weighted by Gasteiger charge is -2.11. The van der Waals surface area contributed by atoms with E-state index in [0.717, 1.165) is 46.2 Å². The van der Waals surface area contributed by atoms with Crippen molar-refractivity contribution in [1.29, 1.82) is 0 Å². The number of furan rings is 1. The van der Waals surface area contributed by atoms with Crippen LogP contribution in [0, 0.1) is 0 Å². The van der Waals surface area contributed by atoms with Gasteiger partial charge in [0.05, 0.1) is 11.4 Å². The minimum atomic E-state index is -0.233. The summed E-state index contributed by atoms with van der Waals surface area (Å²) in [5, 5.41) is 4.74. The number of para-hydroxylation sites is 1. The number of carbonyl (C=O) groups is 1. The van der Waals surface area contributed by atoms with Crippen LogP contribution in [0.4, 0.5) is 0 Å². The number of rotatable bonds is 5. The monoisotopic (exact) mass is 421 g/mol. The van der Waals surface area contributed by atoms with E-state index >= 15 is 0 Å². The number of nitrogens with zero attached hydrogens (tertiary/aromatic N) is 1. The molecule has 1 amide bonds. The van der Waals surface area contributed by atoms with E-state index in [9.17, 15) is 9.59 Å². The summed E-state index contributed by atoms with van der Waals surface area (Å²) in [5.74, 6) is 1.19. The second-order valence-corrected chi connectivity index (χ2v) is 8.96. The fourth-order valence-corrected chi connectivity index (χ4v) is 5.44. The SMILES string of the molecule is CC(NC(=O)CCc1nc2sc3c(c2c(=O)[nH]1)CCCC3)c1cc2ccccc2o1. The number of aryl methyl sites for hydroxylation is 3. The van der Waals surface area contributed by atoms with Gasteiger partial charge in [-0.05, 0) is 50.3 Å². The van der Waals surface area contributed by atoms with Crippen molar-refractivity contribution in [2.24, 2.45) is 0 Å². The molecule has 1 atom stereocenters. The van der Waals surface area contributed by atoms with E-state index in [-0.39, 0.29) is 23.9 Å². The number of fused-ring (bicyclic) bond motifs is 4. The van der Waals surface area contributed by atoms with Gasteiger partial charge >= 0.3 is 0 Å². The number of hydrogen-bond donors (Lipinski definition) is 2. The first-order valence-electron chi connectivity index (χ1n) is 10.4. The van der Waals surface area contributed by atoms with Crippen molar-refractivity contribution in [2.45, 2.75) is 51.5 Å². The Morgan fingerprint density at radius 2 is 2.13 bits per heavy atom. The van der Waals surface area contributed by atoms with Crippen LogP contribution in [-0.4, -0.2) is 15.9 Å². The largest absolute Gasteiger partial charge is 0.459 e. The van der Waals surface area contributed by atoms with Crippen molar-refractivity contribution in [1.82, 2.24) is 15.3 Å². The molecule has 1 aliphatic carbocycles. The maximum atomic E-state index is 12.6. The number of aromatic amines is 1. The summed E-state index contributed by atoms with van der Waals surface area (Å²) in [6, 6.07) is 9.49. The molecule has 0 bridgehead atoms. The van der Waals surface area contributed by atoms with Crippen molar-refractivity contribution in [3.05, 3.63) is 62.7 Å². The normalized spacial score (nSPS) is 14.7. The smallest absolute Gasteiger partial charge is 0.259 e. The number of nitrogens with one attached hydrogen (secondary N) is 2. The predicted octanol–water partition coefficient (Wildman–Crippen LogP) is 4.42. The van der Waals surface area contributed by atoms with Crippen LogP contribution in [0.1, 0.15) is 54.3 Å². The fraction of sp³-hybridized carbons (Fsp3) is 0.348. The molecule has 5 rings (SSSR count). The Hall–Kier alpha value is -2.93. The van der Waals surface area contributed by atoms with E-state index in [1.165, 1.54) is 16.9 Å². The Morgan fingerprint density at radius 1 is 1.30 bits per heavy atom. The third kappa shape index (κ3) is 3.54. The summed E-state index contributed by atoms with van der Waals surface area (Å²) in [6.45, 7) is 1.90. The molecule has 3 aromatic heterocycles. The van der Waals surface area contributed by atoms with Gasteiger partial charge in [-0.2, -0.15) is 0 Å². The quantitative estimate of drug-likeness (QED) is 0.499. The molecule has 0 fully saturated rings. The molecule has 1 unspecified atom stereocenters. The first-order chi connectivity index (χ1) is 14.6. The zero-order chi connectivity index (χ0) is 20.7. The molecule has 7 heteroatoms. The summed E-state index contributed by atoms with van der Waals surface area (Å²) < 4.78 is 5.82. The van der Waals surface area contributed by atoms with Gasteiger partial charge in [-0.1, -0.05) is 18.2 Å². The molecule has 3 heterocycles. The lowest BCUT2D eigenvalue weighted by molar-refractivity contribution is -0.121. The second-order valence-electron chi connectivity index (χ2n) is 7.88. The Morgan fingerprint density at radius 3 is 3.00 bits per heavy atom. The molecule has 2 N–H and O–H groups in total. The molecule has 154 valence electrons. The van der Waals surface area contributed by atoms with E-state index in [2.05, 4.69) is 15.3 Å². The molecular weight excluding hydrogens is 398 g/mol. The fourth-order valence-electron chi connectivity index (χ4n) is 4.16. The van der Waals surface area contributed by atoms with Crippen LogP contribution in [0.2, 0.25) is 0 Å². The van der Waals surface area contributed by atoms with Crippen molar-refractivity contribution in [3.63, 3.8) is 0 Å². The highest BCUT2D eigenvalue weighted by Gasteiger charge is 2.20. The van der Waals surface area contributed by atoms with Gasteiger partial charge < -0.3 is 14.7 Å². The zero-order valence-electron chi connectivity index (χ0n) is 16.8. The molecule has 0 saturated carbocycles. The van der Waals surface area contributed by atoms with E-state index in [1.54, 1.807) is 11.3 Å². The van der Waals surface area contributed by atoms with Gasteiger partial charge in [0.25, 0.3) is 5.56 Å². The number of H-pyrrole nitrogens is 1. The Balaban J connectivity index is 1.26. The van der Waals surface area contributed by atoms with Crippen molar-refractivity contribution < 1.29 is 9.21 Å². The van der Waals surface area contributed by atoms with Crippen molar-refractivity contribution in [3.8, 4) is 0 Å². The third-order valence-electron chi connectivity index (χ3n) is 5.71. The molecule has 30 heavy (non-hydrogen) atoms. The number of benzene rings is 1. The predicted molar refractivity (Wildman–Crippen MR) is 118 cm³/mol. The van der Waals surface area contributed by atoms with Gasteiger partial charge in [0.15, 0.2) is 0 Å². The summed E-state index contributed by atoms with van der Waals surface area (Å²) in [7, 11) is 0. The van der Waals surface area contributed by atoms with Crippen LogP contribution in [0.5, 0.6) is 0 Å². The summed E-state index contributed by atoms with van der Waals surface area (Å²) in [5.41, 5.74) is 1.91. The van der Waals surface area contributed by atoms with Gasteiger partial charge in [0.2, 0.25) is 5.91 Å². The first-order valence-corrected chi connectivity index (χ1v) is 11.2. The molecule has 0 saturated heterocycles. The van der Waals surface area contributed by atoms with Gasteiger partial charge in [0.1, 0.15) is 22.0 Å². The van der Waals surface area contributed by atoms with E-state index in [4.69, 9.17) is 4.42 Å². The lowest BCUT2D eigenvalue weighted by Crippen LogP contribution is -2.27. The van der Waals surface area contributed by atoms with Crippen LogP contribution in [0.3, 0.4) is 0 Å². The summed E-state index contributed by atoms with van der Waals surface area (Å²) in [4.78, 5) is 34.7. The maximum absolute atomic E-state index is 12.6. The summed E-state index contributed by atoms with van der Waals surface area (Å²) in [6.07, 6.45) is 4.95. The molecule has 0 radical (unpaired) electrons. The van der Waals surface area contributed by atoms with Crippen molar-refractivity contribution in [2.75, 3.05) is 0 Å². The number of carbonyl (C=O) groups excluding carboxylic acids is 1. The summed E-state index contributed by atoms with van der Waals surface area (Å²) >= 11 is 1.63. The molecule has 0 spiro atoms. The highest BCUT2D eigenvalue weighted by Crippen LogP contribution is 2.33. The van der Waals surface area contributed by atoms with E-state index in [0.29, 0.717) is 12.2 Å². The molecule has 6 nitrogen and oxygen atoms in total. The molecule has 4 aromatic rings. The van der Waals surface area contributed by atoms with Crippen LogP contribution in [0.15, 0.2) is 39.5 Å². The minimum Gasteiger partial charge on any atom is -0.459 e. The Kier molecular flexibility index (Phi) is 4.90. The standard InChI is InChI=1S/C23H23N3O3S/c1-13(17-12-14-6-2-4-8-16(14)29-17)24-20(27)11-10-19-25-22(28)21-15-7-3-5-9-18(15)30-23(21)26-19/h2,4,6,8,12-13H,3,5,7,9-11H2,1H3,(H,24,27)(H,25,26,28). The third-order valence-corrected chi connectivity index (χ3v) is 6.90. The molecular formula is C23H23N3O3S. The topological polar surface area (TPSA) is 88.0 Å². The highest BCUT2D eigenvalue weighted by atomic mass is 32.1. The number of thiophene rings is 1. The first kappa shape index (κ1) is 19.1. The Labute approximate surface area is 177 Å². The van der Waals surface area contributed by atoms with Crippen LogP contribution in [0.25, 0.3) is 21.2 Å². The van der Waals surface area contributed by atoms with Crippen molar-refractivity contribution >= 4 is 38.4 Å². The number of aromatic nitrogens is 2. The van der Waals surface area contributed by atoms with Crippen LogP contribution in [-0.2, 0) is 24.1 Å². The van der Waals surface area contributed by atoms with E-state index < -0.39 is 0 Å². The molecule has 1 aliphatic rings. The molecule has 1 aromatic carbocycles. The molecule has 0 aliphatic heterocycles. The zero-order valence-corrected chi connectivity index (χ0v) is 17.6. The van der Waals surface area contributed by atoms with Gasteiger partial charge in [-0.25, -0.2) is 4.98 Å². The van der Waals surface area contributed by atoms with Crippen LogP contribution < -0.4 is 10.9 Å².